The fraction of sp³-hybridized carbons (Fsp3) is 0.350. The molecule has 0 amide bonds. The molecule has 0 spiro atoms. The Kier molecular flexibility index (Phi) is 8.93. The van der Waals surface area contributed by atoms with Crippen molar-refractivity contribution in [3.8, 4) is 0 Å². The fourth-order valence-corrected chi connectivity index (χ4v) is 6.82. The Morgan fingerprint density at radius 2 is 0.525 bits per heavy atom. The molecule has 0 heteroatoms. The van der Waals surface area contributed by atoms with Crippen LogP contribution in [0, 0.1) is 0 Å². The molecule has 2 aliphatic carbocycles. The van der Waals surface area contributed by atoms with Crippen LogP contribution in [0.3, 0.4) is 0 Å². The van der Waals surface area contributed by atoms with Gasteiger partial charge in [-0.3, -0.25) is 0 Å². The van der Waals surface area contributed by atoms with E-state index in [2.05, 4.69) is 97.1 Å². The Balaban J connectivity index is 1.63. The summed E-state index contributed by atoms with van der Waals surface area (Å²) in [5.74, 6) is 0. The van der Waals surface area contributed by atoms with Crippen LogP contribution in [0.15, 0.2) is 97.1 Å². The van der Waals surface area contributed by atoms with Crippen molar-refractivity contribution >= 4 is 11.1 Å². The summed E-state index contributed by atoms with van der Waals surface area (Å²) in [4.78, 5) is 0. The van der Waals surface area contributed by atoms with Crippen LogP contribution in [0.5, 0.6) is 0 Å². The Hall–Kier alpha value is -3.38. The molecule has 0 heterocycles. The summed E-state index contributed by atoms with van der Waals surface area (Å²) in [6.07, 6.45) is 17.8. The lowest BCUT2D eigenvalue weighted by Crippen LogP contribution is -2.01. The van der Waals surface area contributed by atoms with E-state index in [1.807, 2.05) is 0 Å². The van der Waals surface area contributed by atoms with Gasteiger partial charge in [-0.15, -0.1) is 0 Å². The zero-order valence-electron chi connectivity index (χ0n) is 24.1. The SMILES string of the molecule is c1cc2cc(c1)C(=C1c3cccc(c3)CCCCCCCc3cccc1c3)c1cccc(c1)CCCCCCC2. The highest BCUT2D eigenvalue weighted by Gasteiger charge is 2.18. The Morgan fingerprint density at radius 1 is 0.275 bits per heavy atom. The molecule has 40 heavy (non-hydrogen) atoms. The van der Waals surface area contributed by atoms with Gasteiger partial charge in [0.2, 0.25) is 0 Å². The minimum absolute atomic E-state index is 1.17. The van der Waals surface area contributed by atoms with E-state index in [0.29, 0.717) is 0 Å². The van der Waals surface area contributed by atoms with E-state index in [0.717, 1.165) is 0 Å². The van der Waals surface area contributed by atoms with Crippen LogP contribution in [-0.2, 0) is 25.7 Å². The summed E-state index contributed by atoms with van der Waals surface area (Å²) in [6, 6.07) is 37.8. The third-order valence-corrected chi connectivity index (χ3v) is 8.97. The van der Waals surface area contributed by atoms with Crippen molar-refractivity contribution in [2.45, 2.75) is 89.9 Å². The topological polar surface area (TPSA) is 0 Å². The summed E-state index contributed by atoms with van der Waals surface area (Å²) in [7, 11) is 0. The first-order valence-electron chi connectivity index (χ1n) is 15.9. The molecule has 0 radical (unpaired) electrons. The number of fused-ring (bicyclic) bond motifs is 8. The van der Waals surface area contributed by atoms with Crippen LogP contribution in [-0.4, -0.2) is 0 Å². The van der Waals surface area contributed by atoms with Gasteiger partial charge in [0.15, 0.2) is 0 Å². The van der Waals surface area contributed by atoms with Gasteiger partial charge in [-0.2, -0.15) is 0 Å². The normalized spacial score (nSPS) is 17.0. The number of hydrogen-bond donors (Lipinski definition) is 0. The molecular weight excluding hydrogens is 480 g/mol. The summed E-state index contributed by atoms with van der Waals surface area (Å²) < 4.78 is 0. The van der Waals surface area contributed by atoms with E-state index < -0.39 is 0 Å². The maximum Gasteiger partial charge on any atom is -0.00266 e. The number of rotatable bonds is 0. The van der Waals surface area contributed by atoms with E-state index in [-0.39, 0.29) is 0 Å². The average Bonchev–Trinajstić information content (AvgIpc) is 2.98. The van der Waals surface area contributed by atoms with Gasteiger partial charge in [0.1, 0.15) is 0 Å². The molecule has 0 saturated heterocycles. The second-order valence-electron chi connectivity index (χ2n) is 12.1. The van der Waals surface area contributed by atoms with Gasteiger partial charge in [-0.25, -0.2) is 0 Å². The first-order chi connectivity index (χ1) is 19.8. The maximum atomic E-state index is 2.49. The predicted molar refractivity (Wildman–Crippen MR) is 172 cm³/mol. The number of aryl methyl sites for hydroxylation is 4. The Morgan fingerprint density at radius 3 is 0.800 bits per heavy atom. The molecule has 0 N–H and O–H groups in total. The molecule has 0 aromatic heterocycles. The van der Waals surface area contributed by atoms with Gasteiger partial charge in [-0.1, -0.05) is 136 Å². The highest BCUT2D eigenvalue weighted by Crippen LogP contribution is 2.38. The molecule has 204 valence electrons. The molecule has 0 nitrogen and oxygen atoms in total. The number of benzene rings is 4. The minimum Gasteiger partial charge on any atom is -0.0614 e. The van der Waals surface area contributed by atoms with Crippen molar-refractivity contribution < 1.29 is 0 Å². The van der Waals surface area contributed by atoms with Gasteiger partial charge in [0.05, 0.1) is 0 Å². The van der Waals surface area contributed by atoms with Crippen molar-refractivity contribution in [1.29, 1.82) is 0 Å². The molecule has 4 aromatic rings. The average molecular weight is 525 g/mol. The molecule has 0 aliphatic heterocycles. The summed E-state index contributed by atoms with van der Waals surface area (Å²) >= 11 is 0. The van der Waals surface area contributed by atoms with Crippen LogP contribution in [0.2, 0.25) is 0 Å². The van der Waals surface area contributed by atoms with Crippen molar-refractivity contribution in [2.75, 3.05) is 0 Å². The van der Waals surface area contributed by atoms with Crippen LogP contribution >= 0.6 is 0 Å². The van der Waals surface area contributed by atoms with Crippen LogP contribution in [0.25, 0.3) is 11.1 Å². The zero-order valence-corrected chi connectivity index (χ0v) is 24.1. The highest BCUT2D eigenvalue weighted by molar-refractivity contribution is 6.04. The number of hydrogen-bond acceptors (Lipinski definition) is 0. The van der Waals surface area contributed by atoms with E-state index in [4.69, 9.17) is 0 Å². The first kappa shape index (κ1) is 26.8. The van der Waals surface area contributed by atoms with Gasteiger partial charge in [0.25, 0.3) is 0 Å². The van der Waals surface area contributed by atoms with E-state index >= 15 is 0 Å². The van der Waals surface area contributed by atoms with E-state index in [9.17, 15) is 0 Å². The highest BCUT2D eigenvalue weighted by atomic mass is 14.2. The standard InChI is InChI=1S/C40H44/c1-3-7-15-31-19-11-23-35(27-31)39(36-24-12-20-32(28-36)16-8-4-1)40-37-25-13-21-33(29-37)17-9-5-2-6-10-18-34-22-14-26-38(40)30-34/h11-14,19-30H,1-10,15-18H2. The predicted octanol–water partition coefficient (Wildman–Crippen LogP) is 10.8. The smallest absolute Gasteiger partial charge is 0.00266 e. The summed E-state index contributed by atoms with van der Waals surface area (Å²) in [6.45, 7) is 0. The van der Waals surface area contributed by atoms with Crippen molar-refractivity contribution in [1.82, 2.24) is 0 Å². The van der Waals surface area contributed by atoms with Crippen LogP contribution < -0.4 is 0 Å². The molecular formula is C40H44. The van der Waals surface area contributed by atoms with Crippen LogP contribution in [0.1, 0.15) is 109 Å². The molecule has 0 atom stereocenters. The minimum atomic E-state index is 1.17. The third-order valence-electron chi connectivity index (χ3n) is 8.97. The maximum absolute atomic E-state index is 2.49. The molecule has 6 rings (SSSR count). The van der Waals surface area contributed by atoms with Crippen molar-refractivity contribution in [3.05, 3.63) is 142 Å². The summed E-state index contributed by atoms with van der Waals surface area (Å²) in [5, 5.41) is 0. The molecule has 0 saturated carbocycles. The quantitative estimate of drug-likeness (QED) is 0.215. The van der Waals surface area contributed by atoms with Gasteiger partial charge < -0.3 is 0 Å². The van der Waals surface area contributed by atoms with Gasteiger partial charge in [-0.05, 0) is 107 Å². The van der Waals surface area contributed by atoms with E-state index in [1.165, 1.54) is 146 Å². The first-order valence-corrected chi connectivity index (χ1v) is 15.9. The molecule has 2 aliphatic rings. The third kappa shape index (κ3) is 6.67. The van der Waals surface area contributed by atoms with Crippen molar-refractivity contribution in [3.63, 3.8) is 0 Å². The molecule has 4 aromatic carbocycles. The van der Waals surface area contributed by atoms with Crippen LogP contribution in [0.4, 0.5) is 0 Å². The second-order valence-corrected chi connectivity index (χ2v) is 12.1. The van der Waals surface area contributed by atoms with Gasteiger partial charge >= 0.3 is 0 Å². The zero-order chi connectivity index (χ0) is 27.0. The van der Waals surface area contributed by atoms with Gasteiger partial charge in [0, 0.05) is 0 Å². The monoisotopic (exact) mass is 524 g/mol. The lowest BCUT2D eigenvalue weighted by Gasteiger charge is -2.21. The lowest BCUT2D eigenvalue weighted by molar-refractivity contribution is 0.613. The molecule has 0 fully saturated rings. The molecule has 8 bridgehead atoms. The lowest BCUT2D eigenvalue weighted by atomic mass is 9.83. The largest absolute Gasteiger partial charge is 0.0614 e. The fourth-order valence-electron chi connectivity index (χ4n) is 6.82. The Labute approximate surface area is 242 Å². The Bertz CT molecular complexity index is 1230. The van der Waals surface area contributed by atoms with Crippen molar-refractivity contribution in [2.24, 2.45) is 0 Å². The molecule has 0 unspecified atom stereocenters. The second kappa shape index (κ2) is 13.3. The summed E-state index contributed by atoms with van der Waals surface area (Å²) in [5.41, 5.74) is 14.0. The van der Waals surface area contributed by atoms with E-state index in [1.54, 1.807) is 0 Å².